The number of benzene rings is 1. The van der Waals surface area contributed by atoms with Crippen LogP contribution in [-0.2, 0) is 0 Å². The van der Waals surface area contributed by atoms with Crippen molar-refractivity contribution in [3.05, 3.63) is 65.1 Å². The zero-order chi connectivity index (χ0) is 16.4. The average Bonchev–Trinajstić information content (AvgIpc) is 2.90. The van der Waals surface area contributed by atoms with Gasteiger partial charge in [-0.2, -0.15) is 9.90 Å². The van der Waals surface area contributed by atoms with Crippen LogP contribution >= 0.6 is 0 Å². The molecule has 1 N–H and O–H groups in total. The van der Waals surface area contributed by atoms with Crippen molar-refractivity contribution in [2.24, 2.45) is 0 Å². The Morgan fingerprint density at radius 2 is 1.91 bits per heavy atom. The number of aromatic nitrogens is 4. The van der Waals surface area contributed by atoms with Gasteiger partial charge in [0.05, 0.1) is 11.4 Å². The fourth-order valence-corrected chi connectivity index (χ4v) is 2.34. The van der Waals surface area contributed by atoms with Crippen molar-refractivity contribution in [3.8, 4) is 5.69 Å². The first-order valence-electron chi connectivity index (χ1n) is 7.28. The Morgan fingerprint density at radius 3 is 2.61 bits per heavy atom. The Bertz CT molecular complexity index is 855. The molecule has 3 aromatic rings. The number of rotatable bonds is 3. The lowest BCUT2D eigenvalue weighted by atomic mass is 10.1. The Morgan fingerprint density at radius 1 is 1.09 bits per heavy atom. The van der Waals surface area contributed by atoms with Gasteiger partial charge in [-0.1, -0.05) is 23.8 Å². The monoisotopic (exact) mass is 307 g/mol. The maximum Gasteiger partial charge on any atom is 0.279 e. The minimum Gasteiger partial charge on any atom is -0.305 e. The highest BCUT2D eigenvalue weighted by molar-refractivity contribution is 6.02. The number of aryl methyl sites for hydroxylation is 3. The second-order valence-corrected chi connectivity index (χ2v) is 5.38. The Hall–Kier alpha value is -3.02. The summed E-state index contributed by atoms with van der Waals surface area (Å²) >= 11 is 0. The van der Waals surface area contributed by atoms with E-state index in [4.69, 9.17) is 0 Å². The lowest BCUT2D eigenvalue weighted by Gasteiger charge is -2.05. The lowest BCUT2D eigenvalue weighted by Crippen LogP contribution is -2.15. The van der Waals surface area contributed by atoms with Crippen molar-refractivity contribution in [2.45, 2.75) is 20.8 Å². The predicted molar refractivity (Wildman–Crippen MR) is 87.8 cm³/mol. The van der Waals surface area contributed by atoms with Crippen molar-refractivity contribution in [2.75, 3.05) is 5.32 Å². The van der Waals surface area contributed by atoms with Crippen molar-refractivity contribution >= 4 is 11.7 Å². The van der Waals surface area contributed by atoms with Gasteiger partial charge in [-0.05, 0) is 44.5 Å². The van der Waals surface area contributed by atoms with Crippen LogP contribution in [0, 0.1) is 20.8 Å². The molecule has 2 aromatic heterocycles. The van der Waals surface area contributed by atoms with Crippen LogP contribution in [0.25, 0.3) is 5.69 Å². The van der Waals surface area contributed by atoms with Crippen LogP contribution in [0.2, 0.25) is 0 Å². The molecule has 6 nitrogen and oxygen atoms in total. The second-order valence-electron chi connectivity index (χ2n) is 5.38. The number of hydrogen-bond donors (Lipinski definition) is 1. The summed E-state index contributed by atoms with van der Waals surface area (Å²) in [5, 5.41) is 11.4. The normalized spacial score (nSPS) is 10.6. The molecule has 0 spiro atoms. The van der Waals surface area contributed by atoms with Gasteiger partial charge in [0, 0.05) is 6.20 Å². The first-order chi connectivity index (χ1) is 11.0. The van der Waals surface area contributed by atoms with E-state index in [1.807, 2.05) is 32.0 Å². The van der Waals surface area contributed by atoms with E-state index in [9.17, 15) is 4.79 Å². The lowest BCUT2D eigenvalue weighted by molar-refractivity contribution is 0.102. The molecule has 0 unspecified atom stereocenters. The summed E-state index contributed by atoms with van der Waals surface area (Å²) in [6, 6.07) is 11.3. The van der Waals surface area contributed by atoms with Crippen molar-refractivity contribution in [1.29, 1.82) is 0 Å². The third-order valence-electron chi connectivity index (χ3n) is 3.47. The summed E-state index contributed by atoms with van der Waals surface area (Å²) in [6.07, 6.45) is 1.62. The van der Waals surface area contributed by atoms with Gasteiger partial charge in [-0.3, -0.25) is 4.79 Å². The van der Waals surface area contributed by atoms with Crippen LogP contribution in [0.15, 0.2) is 42.6 Å². The van der Waals surface area contributed by atoms with Crippen molar-refractivity contribution < 1.29 is 4.79 Å². The minimum atomic E-state index is -0.322. The molecule has 116 valence electrons. The van der Waals surface area contributed by atoms with E-state index in [1.54, 1.807) is 25.3 Å². The molecule has 0 saturated heterocycles. The maximum atomic E-state index is 12.4. The van der Waals surface area contributed by atoms with Gasteiger partial charge in [0.15, 0.2) is 5.69 Å². The summed E-state index contributed by atoms with van der Waals surface area (Å²) in [5.41, 5.74) is 3.93. The average molecular weight is 307 g/mol. The maximum absolute atomic E-state index is 12.4. The van der Waals surface area contributed by atoms with Crippen molar-refractivity contribution in [3.63, 3.8) is 0 Å². The smallest absolute Gasteiger partial charge is 0.279 e. The molecule has 0 aliphatic rings. The van der Waals surface area contributed by atoms with Gasteiger partial charge in [0.1, 0.15) is 5.82 Å². The SMILES string of the molecule is Cc1ccc(-n2nc(C)c(C(=O)Nc3ccccn3)n2)c(C)c1. The number of hydrogen-bond acceptors (Lipinski definition) is 4. The topological polar surface area (TPSA) is 72.7 Å². The minimum absolute atomic E-state index is 0.288. The number of carbonyl (C=O) groups is 1. The molecule has 6 heteroatoms. The van der Waals surface area contributed by atoms with Crippen LogP contribution in [0.3, 0.4) is 0 Å². The van der Waals surface area contributed by atoms with E-state index in [1.165, 1.54) is 10.4 Å². The number of carbonyl (C=O) groups excluding carboxylic acids is 1. The van der Waals surface area contributed by atoms with Gasteiger partial charge >= 0.3 is 0 Å². The van der Waals surface area contributed by atoms with Crippen molar-refractivity contribution in [1.82, 2.24) is 20.0 Å². The third kappa shape index (κ3) is 3.11. The summed E-state index contributed by atoms with van der Waals surface area (Å²) in [5.74, 6) is 0.162. The van der Waals surface area contributed by atoms with Gasteiger partial charge in [0.2, 0.25) is 0 Å². The highest BCUT2D eigenvalue weighted by Crippen LogP contribution is 2.15. The summed E-state index contributed by atoms with van der Waals surface area (Å²) in [4.78, 5) is 17.9. The molecule has 0 fully saturated rings. The molecule has 0 saturated carbocycles. The molecular formula is C17H17N5O. The molecule has 0 atom stereocenters. The summed E-state index contributed by atoms with van der Waals surface area (Å²) in [7, 11) is 0. The first kappa shape index (κ1) is 14.9. The van der Waals surface area contributed by atoms with E-state index < -0.39 is 0 Å². The second kappa shape index (κ2) is 6.00. The van der Waals surface area contributed by atoms with Crippen LogP contribution < -0.4 is 5.32 Å². The van der Waals surface area contributed by atoms with Crippen LogP contribution in [0.5, 0.6) is 0 Å². The highest BCUT2D eigenvalue weighted by atomic mass is 16.2. The fraction of sp³-hybridized carbons (Fsp3) is 0.176. The molecule has 1 amide bonds. The molecular weight excluding hydrogens is 290 g/mol. The van der Waals surface area contributed by atoms with Crippen LogP contribution in [0.1, 0.15) is 27.3 Å². The first-order valence-corrected chi connectivity index (χ1v) is 7.28. The van der Waals surface area contributed by atoms with Gasteiger partial charge in [-0.25, -0.2) is 4.98 Å². The molecule has 0 radical (unpaired) electrons. The van der Waals surface area contributed by atoms with E-state index in [2.05, 4.69) is 26.6 Å². The van der Waals surface area contributed by atoms with Gasteiger partial charge < -0.3 is 5.32 Å². The predicted octanol–water partition coefficient (Wildman–Crippen LogP) is 2.84. The number of amides is 1. The van der Waals surface area contributed by atoms with Gasteiger partial charge in [-0.15, -0.1) is 5.10 Å². The quantitative estimate of drug-likeness (QED) is 0.807. The number of anilines is 1. The van der Waals surface area contributed by atoms with Gasteiger partial charge in [0.25, 0.3) is 5.91 Å². The molecule has 2 heterocycles. The zero-order valence-corrected chi connectivity index (χ0v) is 13.2. The Balaban J connectivity index is 1.90. The number of pyridine rings is 1. The van der Waals surface area contributed by atoms with E-state index >= 15 is 0 Å². The molecule has 3 rings (SSSR count). The Kier molecular flexibility index (Phi) is 3.89. The molecule has 0 bridgehead atoms. The number of nitrogens with zero attached hydrogens (tertiary/aromatic N) is 4. The highest BCUT2D eigenvalue weighted by Gasteiger charge is 2.17. The van der Waals surface area contributed by atoms with E-state index in [0.29, 0.717) is 11.5 Å². The van der Waals surface area contributed by atoms with E-state index in [0.717, 1.165) is 11.3 Å². The van der Waals surface area contributed by atoms with Crippen LogP contribution in [0.4, 0.5) is 5.82 Å². The fourth-order valence-electron chi connectivity index (χ4n) is 2.34. The molecule has 0 aliphatic carbocycles. The molecule has 23 heavy (non-hydrogen) atoms. The summed E-state index contributed by atoms with van der Waals surface area (Å²) in [6.45, 7) is 5.79. The molecule has 0 aliphatic heterocycles. The van der Waals surface area contributed by atoms with Crippen LogP contribution in [-0.4, -0.2) is 25.9 Å². The Labute approximate surface area is 134 Å². The summed E-state index contributed by atoms with van der Waals surface area (Å²) < 4.78 is 0. The third-order valence-corrected chi connectivity index (χ3v) is 3.47. The molecule has 1 aromatic carbocycles. The van der Waals surface area contributed by atoms with E-state index in [-0.39, 0.29) is 11.6 Å². The largest absolute Gasteiger partial charge is 0.305 e. The zero-order valence-electron chi connectivity index (χ0n) is 13.2. The number of nitrogens with one attached hydrogen (secondary N) is 1. The standard InChI is InChI=1S/C17H17N5O/c1-11-7-8-14(12(2)10-11)22-20-13(3)16(21-22)17(23)19-15-6-4-5-9-18-15/h4-10H,1-3H3,(H,18,19,23).